The van der Waals surface area contributed by atoms with Crippen LogP contribution in [0.3, 0.4) is 0 Å². The molecule has 0 unspecified atom stereocenters. The van der Waals surface area contributed by atoms with Gasteiger partial charge in [-0.2, -0.15) is 0 Å². The molecule has 0 heterocycles. The molecule has 0 aromatic heterocycles. The number of carbonyl (C=O) groups excluding carboxylic acids is 2. The number of para-hydroxylation sites is 1. The third kappa shape index (κ3) is 6.40. The van der Waals surface area contributed by atoms with E-state index in [1.165, 1.54) is 6.92 Å². The van der Waals surface area contributed by atoms with Crippen LogP contribution in [0.15, 0.2) is 24.3 Å². The van der Waals surface area contributed by atoms with Crippen molar-refractivity contribution < 1.29 is 14.3 Å². The van der Waals surface area contributed by atoms with Crippen molar-refractivity contribution in [2.75, 3.05) is 26.2 Å². The zero-order valence-corrected chi connectivity index (χ0v) is 12.8. The third-order valence-corrected chi connectivity index (χ3v) is 3.14. The molecule has 1 rings (SSSR count). The monoisotopic (exact) mass is 292 g/mol. The minimum Gasteiger partial charge on any atom is -0.491 e. The summed E-state index contributed by atoms with van der Waals surface area (Å²) in [7, 11) is 0. The number of Topliss-reactive ketones (excluding diaryl/α,β-unsaturated/α-hetero) is 1. The molecule has 1 amide bonds. The topological polar surface area (TPSA) is 72.6 Å². The number of ketones is 1. The van der Waals surface area contributed by atoms with E-state index in [0.29, 0.717) is 24.5 Å². The zero-order valence-electron chi connectivity index (χ0n) is 12.8. The van der Waals surface area contributed by atoms with Crippen molar-refractivity contribution in [3.8, 4) is 5.75 Å². The predicted octanol–water partition coefficient (Wildman–Crippen LogP) is 1.86. The van der Waals surface area contributed by atoms with E-state index in [1.807, 2.05) is 17.0 Å². The largest absolute Gasteiger partial charge is 0.491 e. The molecular weight excluding hydrogens is 268 g/mol. The molecule has 0 spiro atoms. The Kier molecular flexibility index (Phi) is 7.46. The van der Waals surface area contributed by atoms with Crippen LogP contribution in [0.2, 0.25) is 0 Å². The molecule has 5 nitrogen and oxygen atoms in total. The average molecular weight is 292 g/mol. The highest BCUT2D eigenvalue weighted by Gasteiger charge is 2.10. The second-order valence-corrected chi connectivity index (χ2v) is 5.00. The molecule has 0 aliphatic rings. The summed E-state index contributed by atoms with van der Waals surface area (Å²) in [6.45, 7) is 5.69. The Morgan fingerprint density at radius 1 is 1.24 bits per heavy atom. The van der Waals surface area contributed by atoms with Gasteiger partial charge in [0, 0.05) is 6.54 Å². The Balaban J connectivity index is 2.53. The Morgan fingerprint density at radius 2 is 1.95 bits per heavy atom. The van der Waals surface area contributed by atoms with Crippen LogP contribution in [-0.4, -0.2) is 42.8 Å². The van der Waals surface area contributed by atoms with Crippen LogP contribution in [-0.2, 0) is 4.79 Å². The lowest BCUT2D eigenvalue weighted by Gasteiger charge is -2.20. The van der Waals surface area contributed by atoms with Crippen molar-refractivity contribution >= 4 is 11.7 Å². The minimum atomic E-state index is -0.338. The first-order valence-corrected chi connectivity index (χ1v) is 7.28. The van der Waals surface area contributed by atoms with Gasteiger partial charge in [0.05, 0.1) is 12.1 Å². The molecule has 116 valence electrons. The number of primary amides is 1. The van der Waals surface area contributed by atoms with E-state index in [2.05, 4.69) is 6.92 Å². The fourth-order valence-electron chi connectivity index (χ4n) is 2.04. The number of carbonyl (C=O) groups is 2. The quantitative estimate of drug-likeness (QED) is 0.668. The van der Waals surface area contributed by atoms with Gasteiger partial charge in [-0.25, -0.2) is 0 Å². The smallest absolute Gasteiger partial charge is 0.231 e. The molecule has 1 aromatic rings. The van der Waals surface area contributed by atoms with Gasteiger partial charge in [0.1, 0.15) is 12.4 Å². The Hall–Kier alpha value is -1.88. The lowest BCUT2D eigenvalue weighted by molar-refractivity contribution is -0.119. The number of unbranched alkanes of at least 4 members (excludes halogenated alkanes) is 1. The van der Waals surface area contributed by atoms with Gasteiger partial charge < -0.3 is 10.5 Å². The SMILES string of the molecule is CCCCN(CCOc1ccccc1C(C)=O)CC(N)=O. The van der Waals surface area contributed by atoms with Gasteiger partial charge in [0.2, 0.25) is 5.91 Å². The molecule has 0 saturated heterocycles. The average Bonchev–Trinajstić information content (AvgIpc) is 2.44. The van der Waals surface area contributed by atoms with Gasteiger partial charge in [0.25, 0.3) is 0 Å². The fourth-order valence-corrected chi connectivity index (χ4v) is 2.04. The molecule has 0 saturated carbocycles. The summed E-state index contributed by atoms with van der Waals surface area (Å²) in [4.78, 5) is 24.5. The molecule has 1 aromatic carbocycles. The molecule has 0 bridgehead atoms. The van der Waals surface area contributed by atoms with Crippen molar-refractivity contribution in [1.29, 1.82) is 0 Å². The molecule has 5 heteroatoms. The summed E-state index contributed by atoms with van der Waals surface area (Å²) in [6, 6.07) is 7.17. The van der Waals surface area contributed by atoms with Gasteiger partial charge in [-0.15, -0.1) is 0 Å². The normalized spacial score (nSPS) is 10.6. The van der Waals surface area contributed by atoms with E-state index in [1.54, 1.807) is 12.1 Å². The second kappa shape index (κ2) is 9.13. The summed E-state index contributed by atoms with van der Waals surface area (Å²) >= 11 is 0. The summed E-state index contributed by atoms with van der Waals surface area (Å²) in [5, 5.41) is 0. The molecule has 0 aliphatic heterocycles. The highest BCUT2D eigenvalue weighted by molar-refractivity contribution is 5.96. The lowest BCUT2D eigenvalue weighted by atomic mass is 10.1. The fraction of sp³-hybridized carbons (Fsp3) is 0.500. The van der Waals surface area contributed by atoms with Gasteiger partial charge in [-0.1, -0.05) is 25.5 Å². The first-order chi connectivity index (χ1) is 10.0. The molecular formula is C16H24N2O3. The Bertz CT molecular complexity index is 474. The number of ether oxygens (including phenoxy) is 1. The number of rotatable bonds is 10. The van der Waals surface area contributed by atoms with E-state index < -0.39 is 0 Å². The maximum Gasteiger partial charge on any atom is 0.231 e. The molecule has 2 N–H and O–H groups in total. The molecule has 0 atom stereocenters. The van der Waals surface area contributed by atoms with Crippen molar-refractivity contribution in [2.45, 2.75) is 26.7 Å². The van der Waals surface area contributed by atoms with E-state index >= 15 is 0 Å². The lowest BCUT2D eigenvalue weighted by Crippen LogP contribution is -2.37. The first kappa shape index (κ1) is 17.2. The number of hydrogen-bond donors (Lipinski definition) is 1. The minimum absolute atomic E-state index is 0.0226. The van der Waals surface area contributed by atoms with Crippen LogP contribution >= 0.6 is 0 Å². The van der Waals surface area contributed by atoms with Crippen LogP contribution in [0.25, 0.3) is 0 Å². The summed E-state index contributed by atoms with van der Waals surface area (Å²) in [5.41, 5.74) is 5.82. The van der Waals surface area contributed by atoms with E-state index in [4.69, 9.17) is 10.5 Å². The van der Waals surface area contributed by atoms with E-state index in [-0.39, 0.29) is 18.2 Å². The Morgan fingerprint density at radius 3 is 2.57 bits per heavy atom. The summed E-state index contributed by atoms with van der Waals surface area (Å²) in [5.74, 6) is 0.223. The first-order valence-electron chi connectivity index (χ1n) is 7.28. The Labute approximate surface area is 126 Å². The van der Waals surface area contributed by atoms with Crippen molar-refractivity contribution in [3.05, 3.63) is 29.8 Å². The highest BCUT2D eigenvalue weighted by atomic mass is 16.5. The maximum absolute atomic E-state index is 11.5. The standard InChI is InChI=1S/C16H24N2O3/c1-3-4-9-18(12-16(17)20)10-11-21-15-8-6-5-7-14(15)13(2)19/h5-8H,3-4,9-12H2,1-2H3,(H2,17,20). The number of nitrogens with two attached hydrogens (primary N) is 1. The van der Waals surface area contributed by atoms with Crippen molar-refractivity contribution in [2.24, 2.45) is 5.73 Å². The summed E-state index contributed by atoms with van der Waals surface area (Å²) in [6.07, 6.45) is 2.07. The zero-order chi connectivity index (χ0) is 15.7. The number of amides is 1. The van der Waals surface area contributed by atoms with Crippen LogP contribution in [0.5, 0.6) is 5.75 Å². The third-order valence-electron chi connectivity index (χ3n) is 3.14. The second-order valence-electron chi connectivity index (χ2n) is 5.00. The van der Waals surface area contributed by atoms with E-state index in [0.717, 1.165) is 19.4 Å². The number of benzene rings is 1. The van der Waals surface area contributed by atoms with Gasteiger partial charge in [0.15, 0.2) is 5.78 Å². The van der Waals surface area contributed by atoms with E-state index in [9.17, 15) is 9.59 Å². The molecule has 21 heavy (non-hydrogen) atoms. The van der Waals surface area contributed by atoms with Crippen LogP contribution in [0.1, 0.15) is 37.0 Å². The van der Waals surface area contributed by atoms with Gasteiger partial charge in [-0.05, 0) is 32.0 Å². The van der Waals surface area contributed by atoms with Crippen molar-refractivity contribution in [3.63, 3.8) is 0 Å². The molecule has 0 aliphatic carbocycles. The highest BCUT2D eigenvalue weighted by Crippen LogP contribution is 2.18. The van der Waals surface area contributed by atoms with Crippen LogP contribution < -0.4 is 10.5 Å². The molecule has 0 fully saturated rings. The van der Waals surface area contributed by atoms with Crippen LogP contribution in [0, 0.1) is 0 Å². The van der Waals surface area contributed by atoms with Gasteiger partial charge in [-0.3, -0.25) is 14.5 Å². The summed E-state index contributed by atoms with van der Waals surface area (Å²) < 4.78 is 5.68. The predicted molar refractivity (Wildman–Crippen MR) is 82.5 cm³/mol. The number of nitrogens with zero attached hydrogens (tertiary/aromatic N) is 1. The van der Waals surface area contributed by atoms with Crippen molar-refractivity contribution in [1.82, 2.24) is 4.90 Å². The number of hydrogen-bond acceptors (Lipinski definition) is 4. The van der Waals surface area contributed by atoms with Crippen LogP contribution in [0.4, 0.5) is 0 Å². The molecule has 0 radical (unpaired) electrons. The maximum atomic E-state index is 11.5. The van der Waals surface area contributed by atoms with Gasteiger partial charge >= 0.3 is 0 Å².